The zero-order valence-electron chi connectivity index (χ0n) is 4.90. The number of hydrogen-bond acceptors (Lipinski definition) is 2. The van der Waals surface area contributed by atoms with E-state index in [4.69, 9.17) is 0 Å². The van der Waals surface area contributed by atoms with E-state index in [2.05, 4.69) is 4.99 Å². The van der Waals surface area contributed by atoms with Crippen LogP contribution in [0.15, 0.2) is 29.4 Å². The van der Waals surface area contributed by atoms with Crippen molar-refractivity contribution in [2.45, 2.75) is 0 Å². The van der Waals surface area contributed by atoms with Crippen LogP contribution in [0.1, 0.15) is 0 Å². The first-order valence-electron chi connectivity index (χ1n) is 2.75. The Hall–Kier alpha value is -1.18. The fraction of sp³-hybridized carbons (Fsp3) is 0.143. The van der Waals surface area contributed by atoms with Crippen molar-refractivity contribution in [2.75, 3.05) is 0 Å². The molecule has 0 N–H and O–H groups in total. The molecule has 1 unspecified atom stereocenters. The Kier molecular flexibility index (Phi) is 1.96. The topological polar surface area (TPSA) is 29.4 Å². The molecule has 0 spiro atoms. The quantitative estimate of drug-likeness (QED) is 0.475. The van der Waals surface area contributed by atoms with Gasteiger partial charge in [-0.25, -0.2) is 0 Å². The van der Waals surface area contributed by atoms with E-state index in [1.165, 1.54) is 0 Å². The van der Waals surface area contributed by atoms with E-state index < -0.39 is 0 Å². The molecule has 2 nitrogen and oxygen atoms in total. The van der Waals surface area contributed by atoms with Gasteiger partial charge < -0.3 is 4.79 Å². The lowest BCUT2D eigenvalue weighted by molar-refractivity contribution is -0.108. The summed E-state index contributed by atoms with van der Waals surface area (Å²) in [5.74, 6) is -0.0903. The molecule has 0 radical (unpaired) electrons. The molecule has 46 valence electrons. The lowest BCUT2D eigenvalue weighted by Crippen LogP contribution is -1.89. The van der Waals surface area contributed by atoms with Gasteiger partial charge in [0.2, 0.25) is 0 Å². The van der Waals surface area contributed by atoms with Crippen molar-refractivity contribution in [3.63, 3.8) is 0 Å². The van der Waals surface area contributed by atoms with Crippen LogP contribution < -0.4 is 0 Å². The average Bonchev–Trinajstić information content (AvgIpc) is 2.13. The molecule has 2 heteroatoms. The summed E-state index contributed by atoms with van der Waals surface area (Å²) in [5.41, 5.74) is 0. The van der Waals surface area contributed by atoms with E-state index in [1.807, 2.05) is 0 Å². The molecule has 1 aliphatic heterocycles. The van der Waals surface area contributed by atoms with Crippen LogP contribution >= 0.6 is 0 Å². The molecule has 0 bridgehead atoms. The molecule has 0 saturated carbocycles. The molecule has 1 heterocycles. The molecule has 9 heavy (non-hydrogen) atoms. The molecular formula is C7H7NO. The molecule has 0 saturated heterocycles. The Bertz CT molecular complexity index is 163. The first-order chi connectivity index (χ1) is 4.43. The summed E-state index contributed by atoms with van der Waals surface area (Å²) in [6.07, 6.45) is 9.45. The smallest absolute Gasteiger partial charge is 0.130 e. The lowest BCUT2D eigenvalue weighted by atomic mass is 10.1. The zero-order chi connectivity index (χ0) is 6.53. The van der Waals surface area contributed by atoms with Crippen molar-refractivity contribution in [3.8, 4) is 0 Å². The van der Waals surface area contributed by atoms with Crippen LogP contribution in [0.4, 0.5) is 0 Å². The number of carbonyl (C=O) groups is 1. The third-order valence-electron chi connectivity index (χ3n) is 1.06. The van der Waals surface area contributed by atoms with E-state index in [0.717, 1.165) is 6.29 Å². The van der Waals surface area contributed by atoms with Gasteiger partial charge in [-0.05, 0) is 6.08 Å². The van der Waals surface area contributed by atoms with Crippen LogP contribution in [0, 0.1) is 5.92 Å². The summed E-state index contributed by atoms with van der Waals surface area (Å²) < 4.78 is 0. The van der Waals surface area contributed by atoms with E-state index in [1.54, 1.807) is 30.6 Å². The molecule has 0 aliphatic carbocycles. The first kappa shape index (κ1) is 5.95. The Morgan fingerprint density at radius 1 is 1.44 bits per heavy atom. The van der Waals surface area contributed by atoms with Crippen LogP contribution in [-0.2, 0) is 4.79 Å². The van der Waals surface area contributed by atoms with Gasteiger partial charge in [-0.3, -0.25) is 4.99 Å². The number of carbonyl (C=O) groups excluding carboxylic acids is 1. The second-order valence-corrected chi connectivity index (χ2v) is 1.74. The molecule has 1 rings (SSSR count). The Labute approximate surface area is 53.6 Å². The van der Waals surface area contributed by atoms with Gasteiger partial charge in [-0.15, -0.1) is 0 Å². The lowest BCUT2D eigenvalue weighted by Gasteiger charge is -1.88. The number of aldehydes is 1. The van der Waals surface area contributed by atoms with Crippen LogP contribution in [0.25, 0.3) is 0 Å². The second kappa shape index (κ2) is 2.97. The summed E-state index contributed by atoms with van der Waals surface area (Å²) in [7, 11) is 0. The van der Waals surface area contributed by atoms with Gasteiger partial charge in [-0.1, -0.05) is 12.2 Å². The first-order valence-corrected chi connectivity index (χ1v) is 2.75. The van der Waals surface area contributed by atoms with Gasteiger partial charge in [0, 0.05) is 12.4 Å². The Morgan fingerprint density at radius 2 is 2.33 bits per heavy atom. The van der Waals surface area contributed by atoms with Crippen LogP contribution in [0.3, 0.4) is 0 Å². The van der Waals surface area contributed by atoms with Crippen LogP contribution in [0.5, 0.6) is 0 Å². The largest absolute Gasteiger partial charge is 0.302 e. The van der Waals surface area contributed by atoms with Crippen molar-refractivity contribution in [3.05, 3.63) is 24.4 Å². The third-order valence-corrected chi connectivity index (χ3v) is 1.06. The SMILES string of the molecule is O=CC1C=CC=NC=C1. The number of allylic oxidation sites excluding steroid dienone is 3. The van der Waals surface area contributed by atoms with Gasteiger partial charge >= 0.3 is 0 Å². The summed E-state index contributed by atoms with van der Waals surface area (Å²) in [6.45, 7) is 0. The minimum absolute atomic E-state index is 0.0903. The minimum Gasteiger partial charge on any atom is -0.302 e. The van der Waals surface area contributed by atoms with E-state index in [-0.39, 0.29) is 5.92 Å². The van der Waals surface area contributed by atoms with Crippen molar-refractivity contribution in [2.24, 2.45) is 10.9 Å². The number of hydrogen-bond donors (Lipinski definition) is 0. The summed E-state index contributed by atoms with van der Waals surface area (Å²) in [4.78, 5) is 14.0. The Balaban J connectivity index is 2.69. The predicted octanol–water partition coefficient (Wildman–Crippen LogP) is 0.956. The highest BCUT2D eigenvalue weighted by atomic mass is 16.1. The van der Waals surface area contributed by atoms with Crippen molar-refractivity contribution in [1.29, 1.82) is 0 Å². The van der Waals surface area contributed by atoms with Crippen LogP contribution in [0.2, 0.25) is 0 Å². The minimum atomic E-state index is -0.0903. The number of rotatable bonds is 1. The normalized spacial score (nSPS) is 23.8. The maximum atomic E-state index is 10.2. The summed E-state index contributed by atoms with van der Waals surface area (Å²) >= 11 is 0. The van der Waals surface area contributed by atoms with Crippen molar-refractivity contribution in [1.82, 2.24) is 0 Å². The third kappa shape index (κ3) is 1.64. The number of nitrogens with zero attached hydrogens (tertiary/aromatic N) is 1. The van der Waals surface area contributed by atoms with Gasteiger partial charge in [0.15, 0.2) is 0 Å². The molecule has 0 aromatic rings. The highest BCUT2D eigenvalue weighted by molar-refractivity contribution is 5.74. The van der Waals surface area contributed by atoms with Crippen molar-refractivity contribution < 1.29 is 4.79 Å². The van der Waals surface area contributed by atoms with E-state index in [0.29, 0.717) is 0 Å². The Morgan fingerprint density at radius 3 is 3.11 bits per heavy atom. The van der Waals surface area contributed by atoms with Gasteiger partial charge in [0.05, 0.1) is 5.92 Å². The maximum Gasteiger partial charge on any atom is 0.130 e. The van der Waals surface area contributed by atoms with E-state index >= 15 is 0 Å². The molecule has 1 aliphatic rings. The molecular weight excluding hydrogens is 114 g/mol. The number of aliphatic imine (C=N–C) groups is 1. The predicted molar refractivity (Wildman–Crippen MR) is 36.3 cm³/mol. The van der Waals surface area contributed by atoms with Gasteiger partial charge in [0.1, 0.15) is 6.29 Å². The molecule has 0 fully saturated rings. The molecule has 0 amide bonds. The summed E-state index contributed by atoms with van der Waals surface area (Å²) in [5, 5.41) is 0. The van der Waals surface area contributed by atoms with Crippen LogP contribution in [-0.4, -0.2) is 12.5 Å². The monoisotopic (exact) mass is 121 g/mol. The maximum absolute atomic E-state index is 10.2. The fourth-order valence-electron chi connectivity index (χ4n) is 0.581. The zero-order valence-corrected chi connectivity index (χ0v) is 4.90. The molecule has 0 aromatic carbocycles. The average molecular weight is 121 g/mol. The van der Waals surface area contributed by atoms with Gasteiger partial charge in [0.25, 0.3) is 0 Å². The van der Waals surface area contributed by atoms with Gasteiger partial charge in [-0.2, -0.15) is 0 Å². The highest BCUT2D eigenvalue weighted by Crippen LogP contribution is 1.98. The van der Waals surface area contributed by atoms with E-state index in [9.17, 15) is 4.79 Å². The second-order valence-electron chi connectivity index (χ2n) is 1.74. The van der Waals surface area contributed by atoms with Crippen molar-refractivity contribution >= 4 is 12.5 Å². The highest BCUT2D eigenvalue weighted by Gasteiger charge is 1.95. The molecule has 1 atom stereocenters. The summed E-state index contributed by atoms with van der Waals surface area (Å²) in [6, 6.07) is 0. The fourth-order valence-corrected chi connectivity index (χ4v) is 0.581. The standard InChI is InChI=1S/C7H7NO/c9-6-7-2-1-4-8-5-3-7/h1-7H. The molecule has 0 aromatic heterocycles.